The van der Waals surface area contributed by atoms with Gasteiger partial charge in [-0.25, -0.2) is 9.78 Å². The molecule has 1 N–H and O–H groups in total. The maximum atomic E-state index is 12.4. The van der Waals surface area contributed by atoms with Crippen LogP contribution in [-0.4, -0.2) is 28.4 Å². The normalized spacial score (nSPS) is 10.4. The fourth-order valence-corrected chi connectivity index (χ4v) is 2.25. The molecule has 7 heteroatoms. The molecule has 1 aromatic carbocycles. The average Bonchev–Trinajstić information content (AvgIpc) is 2.62. The summed E-state index contributed by atoms with van der Waals surface area (Å²) in [5.41, 5.74) is 0.273. The lowest BCUT2D eigenvalue weighted by Crippen LogP contribution is -2.27. The van der Waals surface area contributed by atoms with Crippen LogP contribution in [0.3, 0.4) is 0 Å². The Bertz CT molecular complexity index is 994. The van der Waals surface area contributed by atoms with Crippen molar-refractivity contribution in [3.8, 4) is 0 Å². The second-order valence-electron chi connectivity index (χ2n) is 4.90. The minimum absolute atomic E-state index is 0.127. The number of hydrogen-bond acceptors (Lipinski definition) is 5. The summed E-state index contributed by atoms with van der Waals surface area (Å²) < 4.78 is 5.96. The second-order valence-corrected chi connectivity index (χ2v) is 4.90. The van der Waals surface area contributed by atoms with E-state index in [4.69, 9.17) is 0 Å². The number of ether oxygens (including phenoxy) is 1. The molecule has 1 amide bonds. The molecule has 0 bridgehead atoms. The standard InChI is InChI=1S/C17H13N3O4/c1-24-17(23)11-6-2-3-7-13(11)19-15(21)12-10-18-14-8-4-5-9-20(14)16(12)22/h2-10H,1H3,(H,19,21). The van der Waals surface area contributed by atoms with Gasteiger partial charge in [0.15, 0.2) is 0 Å². The van der Waals surface area contributed by atoms with E-state index in [-0.39, 0.29) is 16.8 Å². The molecule has 0 unspecified atom stereocenters. The van der Waals surface area contributed by atoms with Crippen LogP contribution in [0.2, 0.25) is 0 Å². The molecule has 0 aliphatic heterocycles. The van der Waals surface area contributed by atoms with E-state index in [1.54, 1.807) is 36.4 Å². The van der Waals surface area contributed by atoms with Crippen molar-refractivity contribution < 1.29 is 14.3 Å². The van der Waals surface area contributed by atoms with E-state index < -0.39 is 17.4 Å². The molecule has 0 aliphatic carbocycles. The summed E-state index contributed by atoms with van der Waals surface area (Å²) in [6.07, 6.45) is 2.75. The third-order valence-electron chi connectivity index (χ3n) is 3.44. The smallest absolute Gasteiger partial charge is 0.339 e. The second kappa shape index (κ2) is 6.33. The van der Waals surface area contributed by atoms with Gasteiger partial charge in [-0.3, -0.25) is 14.0 Å². The summed E-state index contributed by atoms with van der Waals surface area (Å²) in [5, 5.41) is 2.55. The zero-order valence-electron chi connectivity index (χ0n) is 12.7. The van der Waals surface area contributed by atoms with Gasteiger partial charge in [-0.05, 0) is 24.3 Å². The van der Waals surface area contributed by atoms with Crippen LogP contribution < -0.4 is 10.9 Å². The van der Waals surface area contributed by atoms with Crippen molar-refractivity contribution in [2.24, 2.45) is 0 Å². The number of amides is 1. The van der Waals surface area contributed by atoms with Crippen molar-refractivity contribution in [2.75, 3.05) is 12.4 Å². The van der Waals surface area contributed by atoms with Crippen molar-refractivity contribution in [1.82, 2.24) is 9.38 Å². The molecular weight excluding hydrogens is 310 g/mol. The van der Waals surface area contributed by atoms with Gasteiger partial charge in [-0.1, -0.05) is 18.2 Å². The summed E-state index contributed by atoms with van der Waals surface area (Å²) >= 11 is 0. The minimum Gasteiger partial charge on any atom is -0.465 e. The minimum atomic E-state index is -0.651. The molecule has 2 aromatic heterocycles. The Morgan fingerprint density at radius 3 is 2.62 bits per heavy atom. The largest absolute Gasteiger partial charge is 0.465 e. The van der Waals surface area contributed by atoms with Gasteiger partial charge in [0.2, 0.25) is 0 Å². The van der Waals surface area contributed by atoms with Crippen molar-refractivity contribution in [1.29, 1.82) is 0 Å². The number of benzene rings is 1. The Hall–Kier alpha value is -3.48. The van der Waals surface area contributed by atoms with Gasteiger partial charge >= 0.3 is 5.97 Å². The quantitative estimate of drug-likeness (QED) is 0.741. The number of esters is 1. The highest BCUT2D eigenvalue weighted by molar-refractivity contribution is 6.07. The topological polar surface area (TPSA) is 89.8 Å². The van der Waals surface area contributed by atoms with E-state index in [2.05, 4.69) is 15.0 Å². The molecule has 0 spiro atoms. The van der Waals surface area contributed by atoms with E-state index in [1.807, 2.05) is 0 Å². The number of hydrogen-bond donors (Lipinski definition) is 1. The van der Waals surface area contributed by atoms with Crippen LogP contribution in [0, 0.1) is 0 Å². The first-order valence-electron chi connectivity index (χ1n) is 7.07. The highest BCUT2D eigenvalue weighted by Crippen LogP contribution is 2.16. The summed E-state index contributed by atoms with van der Waals surface area (Å²) in [5.74, 6) is -1.23. The summed E-state index contributed by atoms with van der Waals surface area (Å²) in [6.45, 7) is 0. The first-order valence-corrected chi connectivity index (χ1v) is 7.07. The average molecular weight is 323 g/mol. The highest BCUT2D eigenvalue weighted by atomic mass is 16.5. The third kappa shape index (κ3) is 2.74. The number of nitrogens with one attached hydrogen (secondary N) is 1. The number of pyridine rings is 1. The molecule has 2 heterocycles. The Morgan fingerprint density at radius 2 is 1.83 bits per heavy atom. The molecule has 120 valence electrons. The van der Waals surface area contributed by atoms with Gasteiger partial charge < -0.3 is 10.1 Å². The van der Waals surface area contributed by atoms with Crippen molar-refractivity contribution in [2.45, 2.75) is 0 Å². The van der Waals surface area contributed by atoms with Crippen LogP contribution in [0.5, 0.6) is 0 Å². The zero-order valence-corrected chi connectivity index (χ0v) is 12.7. The SMILES string of the molecule is COC(=O)c1ccccc1NC(=O)c1cnc2ccccn2c1=O. The molecule has 0 fully saturated rings. The first kappa shape index (κ1) is 15.4. The van der Waals surface area contributed by atoms with Crippen LogP contribution in [-0.2, 0) is 4.74 Å². The van der Waals surface area contributed by atoms with Crippen LogP contribution in [0.15, 0.2) is 59.7 Å². The van der Waals surface area contributed by atoms with E-state index >= 15 is 0 Å². The number of fused-ring (bicyclic) bond motifs is 1. The maximum Gasteiger partial charge on any atom is 0.339 e. The van der Waals surface area contributed by atoms with Crippen LogP contribution >= 0.6 is 0 Å². The van der Waals surface area contributed by atoms with Crippen molar-refractivity contribution >= 4 is 23.2 Å². The Balaban J connectivity index is 1.99. The lowest BCUT2D eigenvalue weighted by atomic mass is 10.1. The summed E-state index contributed by atoms with van der Waals surface area (Å²) in [7, 11) is 1.25. The van der Waals surface area contributed by atoms with E-state index in [0.717, 1.165) is 0 Å². The molecule has 24 heavy (non-hydrogen) atoms. The Kier molecular flexibility index (Phi) is 4.07. The van der Waals surface area contributed by atoms with E-state index in [1.165, 1.54) is 30.0 Å². The number of methoxy groups -OCH3 is 1. The summed E-state index contributed by atoms with van der Waals surface area (Å²) in [6, 6.07) is 11.5. The van der Waals surface area contributed by atoms with Gasteiger partial charge in [-0.2, -0.15) is 0 Å². The van der Waals surface area contributed by atoms with Crippen molar-refractivity contribution in [3.05, 3.63) is 76.3 Å². The number of nitrogens with zero attached hydrogens (tertiary/aromatic N) is 2. The maximum absolute atomic E-state index is 12.4. The number of aromatic nitrogens is 2. The third-order valence-corrected chi connectivity index (χ3v) is 3.44. The van der Waals surface area contributed by atoms with Crippen LogP contribution in [0.4, 0.5) is 5.69 Å². The fraction of sp³-hybridized carbons (Fsp3) is 0.0588. The molecule has 7 nitrogen and oxygen atoms in total. The molecule has 0 radical (unpaired) electrons. The number of carbonyl (C=O) groups excluding carboxylic acids is 2. The number of carbonyl (C=O) groups is 2. The van der Waals surface area contributed by atoms with Gasteiger partial charge in [0.05, 0.1) is 18.4 Å². The Labute approximate surface area is 136 Å². The van der Waals surface area contributed by atoms with E-state index in [9.17, 15) is 14.4 Å². The van der Waals surface area contributed by atoms with Gasteiger partial charge in [0, 0.05) is 12.4 Å². The first-order chi connectivity index (χ1) is 11.6. The number of para-hydroxylation sites is 1. The zero-order chi connectivity index (χ0) is 17.1. The number of rotatable bonds is 3. The Morgan fingerprint density at radius 1 is 1.08 bits per heavy atom. The van der Waals surface area contributed by atoms with Gasteiger partial charge in [-0.15, -0.1) is 0 Å². The van der Waals surface area contributed by atoms with Gasteiger partial charge in [0.25, 0.3) is 11.5 Å². The molecular formula is C17H13N3O4. The predicted molar refractivity (Wildman–Crippen MR) is 87.2 cm³/mol. The monoisotopic (exact) mass is 323 g/mol. The molecule has 3 rings (SSSR count). The number of anilines is 1. The van der Waals surface area contributed by atoms with E-state index in [0.29, 0.717) is 5.65 Å². The molecule has 0 saturated heterocycles. The predicted octanol–water partition coefficient (Wildman–Crippen LogP) is 1.73. The molecule has 3 aromatic rings. The molecule has 0 atom stereocenters. The van der Waals surface area contributed by atoms with Crippen molar-refractivity contribution in [3.63, 3.8) is 0 Å². The van der Waals surface area contributed by atoms with Crippen LogP contribution in [0.25, 0.3) is 5.65 Å². The van der Waals surface area contributed by atoms with Crippen LogP contribution in [0.1, 0.15) is 20.7 Å². The summed E-state index contributed by atoms with van der Waals surface area (Å²) in [4.78, 5) is 40.7. The molecule has 0 aliphatic rings. The fourth-order valence-electron chi connectivity index (χ4n) is 2.25. The molecule has 0 saturated carbocycles. The van der Waals surface area contributed by atoms with Gasteiger partial charge in [0.1, 0.15) is 11.2 Å². The lowest BCUT2D eigenvalue weighted by Gasteiger charge is -2.09. The highest BCUT2D eigenvalue weighted by Gasteiger charge is 2.17. The lowest BCUT2D eigenvalue weighted by molar-refractivity contribution is 0.0602.